The normalized spacial score (nSPS) is 12.3. The minimum Gasteiger partial charge on any atom is -0.322 e. The molecule has 1 aromatic carbocycles. The van der Waals surface area contributed by atoms with Gasteiger partial charge >= 0.3 is 0 Å². The molecule has 0 bridgehead atoms. The molecule has 1 amide bonds. The number of carbonyl (C=O) groups is 1. The summed E-state index contributed by atoms with van der Waals surface area (Å²) in [4.78, 5) is 11.5. The first-order valence-electron chi connectivity index (χ1n) is 5.66. The molecule has 0 spiro atoms. The molecule has 0 aliphatic heterocycles. The van der Waals surface area contributed by atoms with Gasteiger partial charge in [-0.25, -0.2) is 13.2 Å². The predicted molar refractivity (Wildman–Crippen MR) is 62.4 cm³/mol. The minimum absolute atomic E-state index is 0.405. The molecule has 1 unspecified atom stereocenters. The smallest absolute Gasteiger partial charge is 0.241 e. The molecular formula is C12H15F3N2O. The van der Waals surface area contributed by atoms with Gasteiger partial charge in [-0.1, -0.05) is 19.8 Å². The summed E-state index contributed by atoms with van der Waals surface area (Å²) in [6.07, 6.45) is 2.04. The molecule has 1 rings (SSSR count). The third-order valence-electron chi connectivity index (χ3n) is 2.46. The molecule has 0 aliphatic rings. The molecule has 0 saturated heterocycles. The Bertz CT molecular complexity index is 438. The highest BCUT2D eigenvalue weighted by Crippen LogP contribution is 2.19. The lowest BCUT2D eigenvalue weighted by Crippen LogP contribution is -2.35. The van der Waals surface area contributed by atoms with Gasteiger partial charge in [-0.15, -0.1) is 0 Å². The van der Waals surface area contributed by atoms with Crippen LogP contribution in [-0.2, 0) is 4.79 Å². The molecule has 0 heterocycles. The standard InChI is InChI=1S/C12H15F3N2O/c1-2-3-4-9(16)12(18)17-10-6-7(13)5-8(14)11(10)15/h5-6,9H,2-4,16H2,1H3,(H,17,18). The molecule has 0 fully saturated rings. The van der Waals surface area contributed by atoms with Crippen LogP contribution in [0.3, 0.4) is 0 Å². The maximum Gasteiger partial charge on any atom is 0.241 e. The average Bonchev–Trinajstić information content (AvgIpc) is 2.32. The summed E-state index contributed by atoms with van der Waals surface area (Å²) in [5.74, 6) is -4.28. The lowest BCUT2D eigenvalue weighted by Gasteiger charge is -2.12. The maximum absolute atomic E-state index is 13.3. The number of nitrogens with one attached hydrogen (secondary N) is 1. The van der Waals surface area contributed by atoms with E-state index in [1.165, 1.54) is 0 Å². The molecule has 3 N–H and O–H groups in total. The van der Waals surface area contributed by atoms with Crippen molar-refractivity contribution in [3.63, 3.8) is 0 Å². The van der Waals surface area contributed by atoms with Crippen molar-refractivity contribution in [2.24, 2.45) is 5.73 Å². The highest BCUT2D eigenvalue weighted by Gasteiger charge is 2.17. The molecule has 6 heteroatoms. The van der Waals surface area contributed by atoms with Crippen molar-refractivity contribution in [1.82, 2.24) is 0 Å². The van der Waals surface area contributed by atoms with E-state index in [0.717, 1.165) is 12.8 Å². The third-order valence-corrected chi connectivity index (χ3v) is 2.46. The highest BCUT2D eigenvalue weighted by atomic mass is 19.2. The Morgan fingerprint density at radius 2 is 2.06 bits per heavy atom. The van der Waals surface area contributed by atoms with Crippen molar-refractivity contribution in [1.29, 1.82) is 0 Å². The third kappa shape index (κ3) is 3.73. The number of anilines is 1. The SMILES string of the molecule is CCCCC(N)C(=O)Nc1cc(F)cc(F)c1F. The fourth-order valence-electron chi connectivity index (χ4n) is 1.43. The molecule has 1 aromatic rings. The van der Waals surface area contributed by atoms with E-state index in [9.17, 15) is 18.0 Å². The van der Waals surface area contributed by atoms with Gasteiger partial charge in [0.1, 0.15) is 5.82 Å². The van der Waals surface area contributed by atoms with E-state index in [4.69, 9.17) is 5.73 Å². The van der Waals surface area contributed by atoms with Crippen LogP contribution in [0.15, 0.2) is 12.1 Å². The first-order valence-corrected chi connectivity index (χ1v) is 5.66. The van der Waals surface area contributed by atoms with E-state index in [0.29, 0.717) is 18.6 Å². The Balaban J connectivity index is 2.75. The number of carbonyl (C=O) groups excluding carboxylic acids is 1. The van der Waals surface area contributed by atoms with E-state index in [1.807, 2.05) is 6.92 Å². The second-order valence-electron chi connectivity index (χ2n) is 3.99. The average molecular weight is 260 g/mol. The van der Waals surface area contributed by atoms with Gasteiger partial charge in [-0.3, -0.25) is 4.79 Å². The van der Waals surface area contributed by atoms with Gasteiger partial charge in [0.2, 0.25) is 5.91 Å². The van der Waals surface area contributed by atoms with Gasteiger partial charge in [0.25, 0.3) is 0 Å². The van der Waals surface area contributed by atoms with Crippen LogP contribution in [0.4, 0.5) is 18.9 Å². The highest BCUT2D eigenvalue weighted by molar-refractivity contribution is 5.94. The molecule has 0 aliphatic carbocycles. The van der Waals surface area contributed by atoms with Crippen molar-refractivity contribution >= 4 is 11.6 Å². The topological polar surface area (TPSA) is 55.1 Å². The second-order valence-corrected chi connectivity index (χ2v) is 3.99. The molecule has 0 radical (unpaired) electrons. The summed E-state index contributed by atoms with van der Waals surface area (Å²) in [6, 6.07) is 0.292. The van der Waals surface area contributed by atoms with Crippen molar-refractivity contribution < 1.29 is 18.0 Å². The van der Waals surface area contributed by atoms with E-state index in [2.05, 4.69) is 5.32 Å². The van der Waals surface area contributed by atoms with Crippen molar-refractivity contribution in [2.45, 2.75) is 32.2 Å². The summed E-state index contributed by atoms with van der Waals surface area (Å²) in [7, 11) is 0. The largest absolute Gasteiger partial charge is 0.322 e. The quantitative estimate of drug-likeness (QED) is 0.799. The molecule has 0 saturated carbocycles. The van der Waals surface area contributed by atoms with Gasteiger partial charge in [-0.05, 0) is 6.42 Å². The molecule has 18 heavy (non-hydrogen) atoms. The monoisotopic (exact) mass is 260 g/mol. The number of benzene rings is 1. The summed E-state index contributed by atoms with van der Waals surface area (Å²) in [5, 5.41) is 2.08. The van der Waals surface area contributed by atoms with E-state index in [1.54, 1.807) is 0 Å². The number of hydrogen-bond donors (Lipinski definition) is 2. The fourth-order valence-corrected chi connectivity index (χ4v) is 1.43. The summed E-state index contributed by atoms with van der Waals surface area (Å²) in [5.41, 5.74) is 5.02. The van der Waals surface area contributed by atoms with Crippen LogP contribution in [0.2, 0.25) is 0 Å². The van der Waals surface area contributed by atoms with E-state index >= 15 is 0 Å². The van der Waals surface area contributed by atoms with Gasteiger partial charge < -0.3 is 11.1 Å². The summed E-state index contributed by atoms with van der Waals surface area (Å²) in [6.45, 7) is 1.94. The molecule has 100 valence electrons. The summed E-state index contributed by atoms with van der Waals surface area (Å²) < 4.78 is 39.0. The molecule has 1 atom stereocenters. The number of nitrogens with two attached hydrogens (primary N) is 1. The van der Waals surface area contributed by atoms with Gasteiger partial charge in [-0.2, -0.15) is 0 Å². The van der Waals surface area contributed by atoms with Gasteiger partial charge in [0.15, 0.2) is 11.6 Å². The number of halogens is 3. The number of rotatable bonds is 5. The molecule has 0 aromatic heterocycles. The second kappa shape index (κ2) is 6.39. The van der Waals surface area contributed by atoms with E-state index in [-0.39, 0.29) is 0 Å². The number of amides is 1. The fraction of sp³-hybridized carbons (Fsp3) is 0.417. The Morgan fingerprint density at radius 1 is 1.39 bits per heavy atom. The lowest BCUT2D eigenvalue weighted by molar-refractivity contribution is -0.117. The van der Waals surface area contributed by atoms with Crippen molar-refractivity contribution in [2.75, 3.05) is 5.32 Å². The molecule has 3 nitrogen and oxygen atoms in total. The van der Waals surface area contributed by atoms with E-state index < -0.39 is 35.1 Å². The Labute approximate surface area is 103 Å². The van der Waals surface area contributed by atoms with Crippen LogP contribution in [0.5, 0.6) is 0 Å². The van der Waals surface area contributed by atoms with Crippen LogP contribution in [-0.4, -0.2) is 11.9 Å². The molecular weight excluding hydrogens is 245 g/mol. The van der Waals surface area contributed by atoms with Crippen LogP contribution in [0.1, 0.15) is 26.2 Å². The Kier molecular flexibility index (Phi) is 5.15. The van der Waals surface area contributed by atoms with Crippen molar-refractivity contribution in [3.05, 3.63) is 29.6 Å². The first-order chi connectivity index (χ1) is 8.45. The maximum atomic E-state index is 13.3. The van der Waals surface area contributed by atoms with Crippen LogP contribution in [0, 0.1) is 17.5 Å². The van der Waals surface area contributed by atoms with Crippen LogP contribution in [0.25, 0.3) is 0 Å². The van der Waals surface area contributed by atoms with Crippen molar-refractivity contribution in [3.8, 4) is 0 Å². The zero-order valence-electron chi connectivity index (χ0n) is 9.97. The zero-order valence-corrected chi connectivity index (χ0v) is 9.97. The van der Waals surface area contributed by atoms with Gasteiger partial charge in [0, 0.05) is 12.1 Å². The minimum atomic E-state index is -1.35. The zero-order chi connectivity index (χ0) is 13.7. The first kappa shape index (κ1) is 14.5. The Morgan fingerprint density at radius 3 is 2.67 bits per heavy atom. The van der Waals surface area contributed by atoms with Gasteiger partial charge in [0.05, 0.1) is 11.7 Å². The predicted octanol–water partition coefficient (Wildman–Crippen LogP) is 2.56. The number of hydrogen-bond acceptors (Lipinski definition) is 2. The Hall–Kier alpha value is -1.56. The van der Waals surface area contributed by atoms with Crippen LogP contribution < -0.4 is 11.1 Å². The number of unbranched alkanes of at least 4 members (excludes halogenated alkanes) is 1. The summed E-state index contributed by atoms with van der Waals surface area (Å²) >= 11 is 0. The lowest BCUT2D eigenvalue weighted by atomic mass is 10.1. The van der Waals surface area contributed by atoms with Crippen LogP contribution >= 0.6 is 0 Å².